The maximum atomic E-state index is 11.2. The van der Waals surface area contributed by atoms with E-state index in [0.29, 0.717) is 25.9 Å². The van der Waals surface area contributed by atoms with Crippen LogP contribution in [-0.4, -0.2) is 41.2 Å². The molecule has 0 bridgehead atoms. The maximum absolute atomic E-state index is 11.2. The lowest BCUT2D eigenvalue weighted by Gasteiger charge is -2.28. The maximum Gasteiger partial charge on any atom is 0.407 e. The molecule has 0 saturated carbocycles. The third-order valence-electron chi connectivity index (χ3n) is 2.30. The summed E-state index contributed by atoms with van der Waals surface area (Å²) >= 11 is 5.25. The fraction of sp³-hybridized carbons (Fsp3) is 0.750. The standard InChI is InChI=1S/C8H12ClNO4/c9-5-14-7(11)6-1-3-10(4-2-6)8(12)13/h6H,1-5H2,(H,12,13). The van der Waals surface area contributed by atoms with Crippen molar-refractivity contribution in [2.75, 3.05) is 19.2 Å². The second-order valence-corrected chi connectivity index (χ2v) is 3.33. The van der Waals surface area contributed by atoms with Crippen LogP contribution in [0, 0.1) is 5.92 Å². The van der Waals surface area contributed by atoms with Crippen LogP contribution in [0.4, 0.5) is 4.79 Å². The Balaban J connectivity index is 2.35. The van der Waals surface area contributed by atoms with Gasteiger partial charge in [0.15, 0.2) is 6.07 Å². The third-order valence-corrected chi connectivity index (χ3v) is 2.40. The summed E-state index contributed by atoms with van der Waals surface area (Å²) in [4.78, 5) is 23.0. The Bertz CT molecular complexity index is 225. The molecule has 1 amide bonds. The van der Waals surface area contributed by atoms with Gasteiger partial charge in [-0.3, -0.25) is 4.79 Å². The molecule has 1 rings (SSSR count). The molecule has 6 heteroatoms. The highest BCUT2D eigenvalue weighted by molar-refractivity contribution is 6.17. The number of hydrogen-bond donors (Lipinski definition) is 1. The van der Waals surface area contributed by atoms with Crippen LogP contribution in [0.1, 0.15) is 12.8 Å². The van der Waals surface area contributed by atoms with Gasteiger partial charge >= 0.3 is 12.1 Å². The van der Waals surface area contributed by atoms with Crippen LogP contribution in [0.25, 0.3) is 0 Å². The minimum Gasteiger partial charge on any atom is -0.465 e. The van der Waals surface area contributed by atoms with Crippen molar-refractivity contribution in [2.24, 2.45) is 5.92 Å². The van der Waals surface area contributed by atoms with Crippen molar-refractivity contribution in [1.29, 1.82) is 0 Å². The minimum absolute atomic E-state index is 0.141. The summed E-state index contributed by atoms with van der Waals surface area (Å²) in [5.74, 6) is -0.533. The second kappa shape index (κ2) is 5.05. The smallest absolute Gasteiger partial charge is 0.407 e. The molecule has 0 spiro atoms. The van der Waals surface area contributed by atoms with Crippen LogP contribution in [0.15, 0.2) is 0 Å². The van der Waals surface area contributed by atoms with Crippen LogP contribution >= 0.6 is 11.6 Å². The lowest BCUT2D eigenvalue weighted by atomic mass is 9.97. The molecule has 80 valence electrons. The van der Waals surface area contributed by atoms with Gasteiger partial charge in [0.05, 0.1) is 5.92 Å². The van der Waals surface area contributed by atoms with Crippen molar-refractivity contribution in [3.8, 4) is 0 Å². The van der Waals surface area contributed by atoms with E-state index in [0.717, 1.165) is 0 Å². The number of esters is 1. The van der Waals surface area contributed by atoms with E-state index in [2.05, 4.69) is 4.74 Å². The first-order chi connectivity index (χ1) is 6.65. The predicted molar refractivity (Wildman–Crippen MR) is 49.1 cm³/mol. The first-order valence-electron chi connectivity index (χ1n) is 4.35. The number of carbonyl (C=O) groups excluding carboxylic acids is 1. The first kappa shape index (κ1) is 11.1. The molecule has 1 aliphatic rings. The summed E-state index contributed by atoms with van der Waals surface area (Å²) < 4.78 is 4.64. The van der Waals surface area contributed by atoms with Gasteiger partial charge in [-0.25, -0.2) is 4.79 Å². The predicted octanol–water partition coefficient (Wildman–Crippen LogP) is 1.12. The van der Waals surface area contributed by atoms with Crippen LogP contribution in [0.3, 0.4) is 0 Å². The quantitative estimate of drug-likeness (QED) is 0.561. The fourth-order valence-electron chi connectivity index (χ4n) is 1.48. The lowest BCUT2D eigenvalue weighted by Crippen LogP contribution is -2.39. The van der Waals surface area contributed by atoms with E-state index in [1.165, 1.54) is 4.90 Å². The lowest BCUT2D eigenvalue weighted by molar-refractivity contribution is -0.147. The molecule has 0 unspecified atom stereocenters. The highest BCUT2D eigenvalue weighted by Gasteiger charge is 2.27. The SMILES string of the molecule is O=C(OCCl)C1CCN(C(=O)O)CC1. The first-order valence-corrected chi connectivity index (χ1v) is 4.89. The number of nitrogens with zero attached hydrogens (tertiary/aromatic N) is 1. The summed E-state index contributed by atoms with van der Waals surface area (Å²) in [5.41, 5.74) is 0. The zero-order chi connectivity index (χ0) is 10.6. The Labute approximate surface area is 86.6 Å². The van der Waals surface area contributed by atoms with E-state index in [9.17, 15) is 9.59 Å². The van der Waals surface area contributed by atoms with E-state index < -0.39 is 6.09 Å². The fourth-order valence-corrected chi connectivity index (χ4v) is 1.59. The Morgan fingerprint density at radius 1 is 1.43 bits per heavy atom. The van der Waals surface area contributed by atoms with E-state index in [1.54, 1.807) is 0 Å². The molecule has 0 aromatic heterocycles. The van der Waals surface area contributed by atoms with Crippen molar-refractivity contribution in [1.82, 2.24) is 4.90 Å². The molecule has 14 heavy (non-hydrogen) atoms. The monoisotopic (exact) mass is 221 g/mol. The molecule has 0 aromatic carbocycles. The largest absolute Gasteiger partial charge is 0.465 e. The van der Waals surface area contributed by atoms with Gasteiger partial charge in [0.1, 0.15) is 0 Å². The van der Waals surface area contributed by atoms with Gasteiger partial charge < -0.3 is 14.7 Å². The van der Waals surface area contributed by atoms with Crippen molar-refractivity contribution < 1.29 is 19.4 Å². The Hall–Kier alpha value is -0.970. The van der Waals surface area contributed by atoms with Crippen molar-refractivity contribution >= 4 is 23.7 Å². The molecule has 1 saturated heterocycles. The van der Waals surface area contributed by atoms with E-state index in [1.807, 2.05) is 0 Å². The number of carboxylic acid groups (broad SMARTS) is 1. The molecule has 1 fully saturated rings. The van der Waals surface area contributed by atoms with Gasteiger partial charge in [0.2, 0.25) is 0 Å². The molecule has 1 aliphatic heterocycles. The molecule has 0 atom stereocenters. The van der Waals surface area contributed by atoms with E-state index in [4.69, 9.17) is 16.7 Å². The van der Waals surface area contributed by atoms with Crippen LogP contribution < -0.4 is 0 Å². The molecular formula is C8H12ClNO4. The van der Waals surface area contributed by atoms with Crippen molar-refractivity contribution in [3.63, 3.8) is 0 Å². The normalized spacial score (nSPS) is 17.9. The summed E-state index contributed by atoms with van der Waals surface area (Å²) in [6.07, 6.45) is 0.0958. The van der Waals surface area contributed by atoms with Crippen LogP contribution in [0.5, 0.6) is 0 Å². The van der Waals surface area contributed by atoms with Gasteiger partial charge in [-0.2, -0.15) is 0 Å². The molecule has 1 N–H and O–H groups in total. The molecule has 0 radical (unpaired) electrons. The number of rotatable bonds is 2. The number of piperidine rings is 1. The van der Waals surface area contributed by atoms with Gasteiger partial charge in [-0.15, -0.1) is 0 Å². The van der Waals surface area contributed by atoms with Gasteiger partial charge in [-0.1, -0.05) is 11.6 Å². The Morgan fingerprint density at radius 3 is 2.43 bits per heavy atom. The topological polar surface area (TPSA) is 66.8 Å². The van der Waals surface area contributed by atoms with Gasteiger partial charge in [-0.05, 0) is 12.8 Å². The summed E-state index contributed by atoms with van der Waals surface area (Å²) in [5, 5.41) is 8.66. The molecule has 0 aromatic rings. The minimum atomic E-state index is -0.936. The number of hydrogen-bond acceptors (Lipinski definition) is 3. The van der Waals surface area contributed by atoms with Gasteiger partial charge in [0, 0.05) is 13.1 Å². The third kappa shape index (κ3) is 2.77. The highest BCUT2D eigenvalue weighted by atomic mass is 35.5. The summed E-state index contributed by atoms with van der Waals surface area (Å²) in [7, 11) is 0. The van der Waals surface area contributed by atoms with Crippen molar-refractivity contribution in [3.05, 3.63) is 0 Å². The number of carbonyl (C=O) groups is 2. The Kier molecular flexibility index (Phi) is 4.00. The number of likely N-dealkylation sites (tertiary alicyclic amines) is 1. The highest BCUT2D eigenvalue weighted by Crippen LogP contribution is 2.18. The zero-order valence-electron chi connectivity index (χ0n) is 7.61. The number of alkyl halides is 1. The summed E-state index contributed by atoms with van der Waals surface area (Å²) in [6, 6.07) is -0.141. The van der Waals surface area contributed by atoms with E-state index in [-0.39, 0.29) is 18.0 Å². The number of amides is 1. The zero-order valence-corrected chi connectivity index (χ0v) is 8.37. The number of ether oxygens (including phenoxy) is 1. The molecule has 0 aliphatic carbocycles. The average molecular weight is 222 g/mol. The van der Waals surface area contributed by atoms with Crippen molar-refractivity contribution in [2.45, 2.75) is 12.8 Å². The van der Waals surface area contributed by atoms with Gasteiger partial charge in [0.25, 0.3) is 0 Å². The second-order valence-electron chi connectivity index (χ2n) is 3.12. The number of halogens is 1. The Morgan fingerprint density at radius 2 is 2.00 bits per heavy atom. The average Bonchev–Trinajstić information content (AvgIpc) is 2.18. The molecule has 1 heterocycles. The molecular weight excluding hydrogens is 210 g/mol. The van der Waals surface area contributed by atoms with E-state index >= 15 is 0 Å². The van der Waals surface area contributed by atoms with Crippen LogP contribution in [-0.2, 0) is 9.53 Å². The van der Waals surface area contributed by atoms with Crippen LogP contribution in [0.2, 0.25) is 0 Å². The summed E-state index contributed by atoms with van der Waals surface area (Å²) in [6.45, 7) is 0.773. The molecule has 5 nitrogen and oxygen atoms in total.